The fourth-order valence-electron chi connectivity index (χ4n) is 4.89. The van der Waals surface area contributed by atoms with Crippen LogP contribution in [0.4, 0.5) is 8.78 Å². The third-order valence-electron chi connectivity index (χ3n) is 6.44. The van der Waals surface area contributed by atoms with Gasteiger partial charge in [-0.05, 0) is 42.0 Å². The summed E-state index contributed by atoms with van der Waals surface area (Å²) >= 11 is 11.9. The number of carboxylic acids is 1. The predicted molar refractivity (Wildman–Crippen MR) is 121 cm³/mol. The lowest BCUT2D eigenvalue weighted by molar-refractivity contribution is -0.139. The van der Waals surface area contributed by atoms with E-state index in [4.69, 9.17) is 23.2 Å². The molecule has 1 aliphatic heterocycles. The van der Waals surface area contributed by atoms with Gasteiger partial charge in [0.05, 0.1) is 11.1 Å². The van der Waals surface area contributed by atoms with Crippen LogP contribution in [-0.4, -0.2) is 34.9 Å². The van der Waals surface area contributed by atoms with Crippen molar-refractivity contribution in [3.63, 3.8) is 0 Å². The number of halogens is 4. The lowest BCUT2D eigenvalue weighted by atomic mass is 9.62. The Morgan fingerprint density at radius 1 is 1.27 bits per heavy atom. The Kier molecular flexibility index (Phi) is 7.35. The molecule has 33 heavy (non-hydrogen) atoms. The molecule has 0 saturated carbocycles. The van der Waals surface area contributed by atoms with Gasteiger partial charge in [0.2, 0.25) is 0 Å². The zero-order valence-electron chi connectivity index (χ0n) is 18.1. The van der Waals surface area contributed by atoms with Crippen molar-refractivity contribution in [1.29, 1.82) is 5.26 Å². The van der Waals surface area contributed by atoms with Crippen molar-refractivity contribution < 1.29 is 23.8 Å². The Morgan fingerprint density at radius 3 is 2.55 bits per heavy atom. The van der Waals surface area contributed by atoms with Crippen LogP contribution in [0.3, 0.4) is 0 Å². The number of nitrogens with zero attached hydrogens (tertiary/aromatic N) is 1. The Bertz CT molecular complexity index is 1110. The number of aliphatic hydroxyl groups is 1. The number of aliphatic hydroxyl groups excluding tert-OH is 1. The summed E-state index contributed by atoms with van der Waals surface area (Å²) in [7, 11) is 0. The molecule has 0 unspecified atom stereocenters. The molecule has 0 spiro atoms. The molecule has 176 valence electrons. The number of hydrogen-bond donors (Lipinski definition) is 3. The molecule has 0 radical (unpaired) electrons. The summed E-state index contributed by atoms with van der Waals surface area (Å²) in [6, 6.07) is 7.83. The van der Waals surface area contributed by atoms with E-state index in [0.717, 1.165) is 6.07 Å². The molecule has 2 aromatic rings. The van der Waals surface area contributed by atoms with Crippen LogP contribution in [0.1, 0.15) is 43.7 Å². The smallest absolute Gasteiger partial charge is 0.321 e. The van der Waals surface area contributed by atoms with Crippen LogP contribution in [0.25, 0.3) is 0 Å². The second kappa shape index (κ2) is 9.55. The Morgan fingerprint density at radius 2 is 1.97 bits per heavy atom. The monoisotopic (exact) mass is 496 g/mol. The largest absolute Gasteiger partial charge is 0.480 e. The van der Waals surface area contributed by atoms with Gasteiger partial charge in [0.25, 0.3) is 0 Å². The molecular formula is C24H24Cl2F2N2O3. The number of rotatable bonds is 7. The number of aliphatic carboxylic acids is 1. The minimum atomic E-state index is -1.81. The van der Waals surface area contributed by atoms with Crippen LogP contribution in [0.5, 0.6) is 0 Å². The minimum Gasteiger partial charge on any atom is -0.480 e. The van der Waals surface area contributed by atoms with Crippen LogP contribution in [0.2, 0.25) is 10.0 Å². The van der Waals surface area contributed by atoms with E-state index in [1.807, 2.05) is 13.8 Å². The Hall–Kier alpha value is -2.24. The van der Waals surface area contributed by atoms with E-state index >= 15 is 8.78 Å². The minimum absolute atomic E-state index is 0.0835. The summed E-state index contributed by atoms with van der Waals surface area (Å²) in [6.07, 6.45) is 0.579. The fraction of sp³-hybridized carbons (Fsp3) is 0.417. The van der Waals surface area contributed by atoms with Crippen molar-refractivity contribution in [3.8, 4) is 6.07 Å². The molecule has 1 heterocycles. The molecule has 3 rings (SSSR count). The maximum Gasteiger partial charge on any atom is 0.321 e. The van der Waals surface area contributed by atoms with Gasteiger partial charge in [-0.1, -0.05) is 55.2 Å². The molecular weight excluding hydrogens is 473 g/mol. The van der Waals surface area contributed by atoms with Gasteiger partial charge in [0.1, 0.15) is 23.1 Å². The summed E-state index contributed by atoms with van der Waals surface area (Å²) < 4.78 is 30.5. The average molecular weight is 497 g/mol. The molecule has 1 saturated heterocycles. The topological polar surface area (TPSA) is 93.3 Å². The van der Waals surface area contributed by atoms with E-state index in [0.29, 0.717) is 6.42 Å². The van der Waals surface area contributed by atoms with E-state index < -0.39 is 46.4 Å². The molecule has 0 bridgehead atoms. The van der Waals surface area contributed by atoms with Crippen molar-refractivity contribution in [2.24, 2.45) is 5.41 Å². The molecule has 5 nitrogen and oxygen atoms in total. The first kappa shape index (κ1) is 25.4. The van der Waals surface area contributed by atoms with Gasteiger partial charge in [-0.25, -0.2) is 8.78 Å². The van der Waals surface area contributed by atoms with E-state index in [2.05, 4.69) is 11.4 Å². The maximum atomic E-state index is 15.3. The third-order valence-corrected chi connectivity index (χ3v) is 6.97. The quantitative estimate of drug-likeness (QED) is 0.499. The van der Waals surface area contributed by atoms with Crippen molar-refractivity contribution in [2.45, 2.75) is 50.1 Å². The first-order valence-corrected chi connectivity index (χ1v) is 11.1. The number of carbonyl (C=O) groups is 1. The summed E-state index contributed by atoms with van der Waals surface area (Å²) in [6.45, 7) is 3.59. The highest BCUT2D eigenvalue weighted by Gasteiger charge is 2.61. The van der Waals surface area contributed by atoms with E-state index in [9.17, 15) is 20.3 Å². The highest BCUT2D eigenvalue weighted by molar-refractivity contribution is 6.31. The average Bonchev–Trinajstić information content (AvgIpc) is 3.04. The molecule has 1 fully saturated rings. The second-order valence-corrected chi connectivity index (χ2v) is 9.95. The van der Waals surface area contributed by atoms with Crippen LogP contribution >= 0.6 is 23.2 Å². The van der Waals surface area contributed by atoms with E-state index in [1.165, 1.54) is 30.3 Å². The molecule has 4 atom stereocenters. The normalized spacial score (nSPS) is 25.1. The fourth-order valence-corrected chi connectivity index (χ4v) is 5.23. The van der Waals surface area contributed by atoms with Gasteiger partial charge in [-0.2, -0.15) is 5.26 Å². The van der Waals surface area contributed by atoms with Crippen LogP contribution in [-0.2, 0) is 10.2 Å². The van der Waals surface area contributed by atoms with Crippen molar-refractivity contribution in [1.82, 2.24) is 5.32 Å². The molecule has 0 aromatic heterocycles. The first-order chi connectivity index (χ1) is 15.5. The van der Waals surface area contributed by atoms with Crippen molar-refractivity contribution >= 4 is 29.2 Å². The van der Waals surface area contributed by atoms with Gasteiger partial charge in [-0.3, -0.25) is 10.1 Å². The lowest BCUT2D eigenvalue weighted by Gasteiger charge is -2.38. The molecule has 9 heteroatoms. The number of nitrogens with one attached hydrogen (secondary N) is 1. The van der Waals surface area contributed by atoms with Crippen molar-refractivity contribution in [2.75, 3.05) is 6.61 Å². The van der Waals surface area contributed by atoms with Crippen LogP contribution < -0.4 is 5.32 Å². The Labute approximate surface area is 200 Å². The summed E-state index contributed by atoms with van der Waals surface area (Å²) in [5, 5.41) is 32.9. The highest BCUT2D eigenvalue weighted by Crippen LogP contribution is 2.53. The standard InChI is InChI=1S/C24H24Cl2F2N2O3/c1-23(2,8-9-31)11-18-24(12-29,15-7-6-13(25)10-17(15)27)19(21(30-18)22(32)33)14-4-3-5-16(26)20(14)28/h3-7,10,18-19,21,30-31H,8-9,11H2,1-2H3,(H,32,33)/t18-,19-,21-,24+/m0/s1. The van der Waals surface area contributed by atoms with Gasteiger partial charge in [-0.15, -0.1) is 0 Å². The Balaban J connectivity index is 2.34. The van der Waals surface area contributed by atoms with Crippen molar-refractivity contribution in [3.05, 3.63) is 69.2 Å². The predicted octanol–water partition coefficient (Wildman–Crippen LogP) is 5.04. The number of nitriles is 1. The van der Waals surface area contributed by atoms with Gasteiger partial charge >= 0.3 is 5.97 Å². The number of hydrogen-bond acceptors (Lipinski definition) is 4. The van der Waals surface area contributed by atoms with Crippen LogP contribution in [0, 0.1) is 28.4 Å². The molecule has 3 N–H and O–H groups in total. The summed E-state index contributed by atoms with van der Waals surface area (Å²) in [5.41, 5.74) is -2.53. The second-order valence-electron chi connectivity index (χ2n) is 9.10. The highest BCUT2D eigenvalue weighted by atomic mass is 35.5. The number of carboxylic acid groups (broad SMARTS) is 1. The van der Waals surface area contributed by atoms with E-state index in [-0.39, 0.29) is 34.2 Å². The summed E-state index contributed by atoms with van der Waals surface area (Å²) in [5.74, 6) is -4.27. The zero-order valence-corrected chi connectivity index (χ0v) is 19.6. The van der Waals surface area contributed by atoms with Gasteiger partial charge in [0.15, 0.2) is 0 Å². The first-order valence-electron chi connectivity index (χ1n) is 10.4. The molecule has 1 aliphatic rings. The molecule has 0 amide bonds. The van der Waals surface area contributed by atoms with E-state index in [1.54, 1.807) is 0 Å². The van der Waals surface area contributed by atoms with Gasteiger partial charge in [0, 0.05) is 29.2 Å². The van der Waals surface area contributed by atoms with Gasteiger partial charge < -0.3 is 10.2 Å². The lowest BCUT2D eigenvalue weighted by Crippen LogP contribution is -2.45. The van der Waals surface area contributed by atoms with Crippen LogP contribution in [0.15, 0.2) is 36.4 Å². The summed E-state index contributed by atoms with van der Waals surface area (Å²) in [4.78, 5) is 12.3. The molecule has 0 aliphatic carbocycles. The maximum absolute atomic E-state index is 15.3. The molecule has 2 aromatic carbocycles. The zero-order chi connectivity index (χ0) is 24.6. The third kappa shape index (κ3) is 4.58. The SMILES string of the molecule is CC(C)(CCO)C[C@@H]1N[C@H](C(=O)O)[C@H](c2cccc(Cl)c2F)[C@]1(C#N)c1ccc(Cl)cc1F. The number of benzene rings is 2.